The van der Waals surface area contributed by atoms with Gasteiger partial charge in [-0.2, -0.15) is 0 Å². The summed E-state index contributed by atoms with van der Waals surface area (Å²) in [5, 5.41) is 3.57. The van der Waals surface area contributed by atoms with Gasteiger partial charge < -0.3 is 0 Å². The number of rotatable bonds is 7. The zero-order valence-corrected chi connectivity index (χ0v) is 13.9. The molecule has 1 N–H and O–H groups in total. The van der Waals surface area contributed by atoms with Crippen LogP contribution in [0.1, 0.15) is 18.4 Å². The summed E-state index contributed by atoms with van der Waals surface area (Å²) in [6.45, 7) is 2.55. The fourth-order valence-electron chi connectivity index (χ4n) is 2.99. The molecule has 0 saturated carbocycles. The van der Waals surface area contributed by atoms with Crippen LogP contribution in [0.4, 0.5) is 5.69 Å². The Bertz CT molecular complexity index is 626. The van der Waals surface area contributed by atoms with Gasteiger partial charge >= 0.3 is 108 Å². The molecule has 0 spiro atoms. The van der Waals surface area contributed by atoms with Gasteiger partial charge in [0.2, 0.25) is 0 Å². The Morgan fingerprint density at radius 3 is 2.42 bits per heavy atom. The van der Waals surface area contributed by atoms with E-state index in [1.165, 1.54) is 5.56 Å². The van der Waals surface area contributed by atoms with E-state index in [1.807, 2.05) is 30.3 Å². The average molecular weight is 322 g/mol. The van der Waals surface area contributed by atoms with Crippen molar-refractivity contribution in [2.24, 2.45) is 0 Å². The van der Waals surface area contributed by atoms with Gasteiger partial charge in [-0.25, -0.2) is 0 Å². The van der Waals surface area contributed by atoms with Gasteiger partial charge in [0.25, 0.3) is 0 Å². The van der Waals surface area contributed by atoms with Crippen LogP contribution in [0.15, 0.2) is 54.6 Å². The van der Waals surface area contributed by atoms with Crippen LogP contribution in [0.5, 0.6) is 5.75 Å². The van der Waals surface area contributed by atoms with E-state index >= 15 is 0 Å². The molecule has 0 amide bonds. The van der Waals surface area contributed by atoms with E-state index in [-0.39, 0.29) is 0 Å². The van der Waals surface area contributed by atoms with Gasteiger partial charge in [-0.3, -0.25) is 0 Å². The second-order valence-corrected chi connectivity index (χ2v) is 6.18. The van der Waals surface area contributed by atoms with Crippen molar-refractivity contribution in [3.05, 3.63) is 60.2 Å². The first-order chi connectivity index (χ1) is 11.8. The van der Waals surface area contributed by atoms with Gasteiger partial charge in [0, 0.05) is 0 Å². The summed E-state index contributed by atoms with van der Waals surface area (Å²) in [5.41, 5.74) is 2.29. The molecule has 24 heavy (non-hydrogen) atoms. The van der Waals surface area contributed by atoms with Gasteiger partial charge in [0.05, 0.1) is 0 Å². The van der Waals surface area contributed by atoms with Crippen LogP contribution in [-0.4, -0.2) is 37.6 Å². The molecule has 0 bridgehead atoms. The van der Waals surface area contributed by atoms with Crippen LogP contribution >= 0.6 is 0 Å². The molecule has 124 valence electrons. The third-order valence-electron chi connectivity index (χ3n) is 4.39. The van der Waals surface area contributed by atoms with Crippen LogP contribution < -0.4 is 10.1 Å². The maximum atomic E-state index is 10.6. The van der Waals surface area contributed by atoms with Crippen LogP contribution in [0.2, 0.25) is 0 Å². The van der Waals surface area contributed by atoms with E-state index in [4.69, 9.17) is 4.74 Å². The molecule has 2 aromatic rings. The average Bonchev–Trinajstić information content (AvgIpc) is 2.64. The molecule has 1 aliphatic rings. The number of piperidine rings is 1. The molecule has 1 saturated heterocycles. The number of benzene rings is 2. The molecule has 5 heteroatoms. The minimum absolute atomic E-state index is 0.476. The van der Waals surface area contributed by atoms with Gasteiger partial charge in [-0.05, 0) is 5.56 Å². The van der Waals surface area contributed by atoms with Crippen molar-refractivity contribution in [1.82, 2.24) is 4.90 Å². The van der Waals surface area contributed by atoms with Crippen LogP contribution in [-0.2, 0) is 11.3 Å². The molecular weight excluding hydrogens is 299 g/mol. The Hall–Kier alpha value is -2.14. The first kappa shape index (κ1) is 16.7. The van der Waals surface area contributed by atoms with Crippen LogP contribution in [0, 0.1) is 0 Å². The molecule has 4 nitrogen and oxygen atoms in total. The zero-order valence-electron chi connectivity index (χ0n) is 13.9. The second-order valence-electron chi connectivity index (χ2n) is 6.18. The number of hydrogen-bond acceptors (Lipinski definition) is 4. The third kappa shape index (κ3) is 4.93. The fourth-order valence-corrected chi connectivity index (χ4v) is 2.99. The molecule has 0 unspecified atom stereocenters. The predicted octanol–water partition coefficient (Wildman–Crippen LogP) is 3.15. The zero-order chi connectivity index (χ0) is 16.6. The van der Waals surface area contributed by atoms with Gasteiger partial charge in [-0.1, -0.05) is 30.3 Å². The summed E-state index contributed by atoms with van der Waals surface area (Å²) in [4.78, 5) is 2.20. The van der Waals surface area contributed by atoms with E-state index < -0.39 is 0 Å². The molecule has 2 aromatic carbocycles. The molecule has 1 aliphatic heterocycles. The number of nitrogens with zero attached hydrogens (tertiary/aromatic N) is 1. The maximum absolute atomic E-state index is 10.6. The monoisotopic (exact) mass is 322 g/mol. The van der Waals surface area contributed by atoms with Crippen molar-refractivity contribution in [2.45, 2.75) is 25.5 Å². The number of likely N-dealkylation sites (tertiary alicyclic amines) is 1. The van der Waals surface area contributed by atoms with Gasteiger partial charge in [0.15, 0.2) is 0 Å². The third-order valence-corrected chi connectivity index (χ3v) is 4.39. The van der Waals surface area contributed by atoms with Crippen LogP contribution in [0.3, 0.4) is 0 Å². The van der Waals surface area contributed by atoms with Crippen molar-refractivity contribution in [3.63, 3.8) is 0 Å². The molecule has 0 radical (unpaired) electrons. The topological polar surface area (TPSA) is 41.6 Å². The summed E-state index contributed by atoms with van der Waals surface area (Å²) in [6.07, 6.45) is 2.69. The number of ether oxygens (including phenoxy) is 1. The standard InChI is InChI=1S/C19H23BN2O2/c23-20-15-22-12-10-18(11-13-22)21-17-6-8-19(9-7-17)24-14-16-4-2-1-3-5-16/h1-9,18,21H,10-15H2. The van der Waals surface area contributed by atoms with E-state index in [0.29, 0.717) is 19.1 Å². The SMILES string of the molecule is O=BCN1CCC(Nc2ccc(OCc3ccccc3)cc2)CC1. The molecule has 0 aliphatic carbocycles. The molecule has 1 heterocycles. The molecule has 3 rings (SSSR count). The molecule has 1 fully saturated rings. The summed E-state index contributed by atoms with van der Waals surface area (Å²) in [6, 6.07) is 18.8. The van der Waals surface area contributed by atoms with E-state index in [0.717, 1.165) is 44.5 Å². The van der Waals surface area contributed by atoms with Crippen LogP contribution in [0.25, 0.3) is 0 Å². The van der Waals surface area contributed by atoms with Crippen molar-refractivity contribution < 1.29 is 9.44 Å². The van der Waals surface area contributed by atoms with Gasteiger partial charge in [0.1, 0.15) is 0 Å². The molecule has 0 aromatic heterocycles. The van der Waals surface area contributed by atoms with E-state index in [2.05, 4.69) is 34.5 Å². The first-order valence-electron chi connectivity index (χ1n) is 8.53. The van der Waals surface area contributed by atoms with Crippen molar-refractivity contribution in [1.29, 1.82) is 0 Å². The van der Waals surface area contributed by atoms with Crippen molar-refractivity contribution >= 4 is 12.8 Å². The predicted molar refractivity (Wildman–Crippen MR) is 96.7 cm³/mol. The van der Waals surface area contributed by atoms with E-state index in [1.54, 1.807) is 0 Å². The Morgan fingerprint density at radius 1 is 1.04 bits per heavy atom. The normalized spacial score (nSPS) is 15.7. The van der Waals surface area contributed by atoms with Gasteiger partial charge in [-0.15, -0.1) is 0 Å². The number of hydrogen-bond donors (Lipinski definition) is 1. The van der Waals surface area contributed by atoms with Crippen molar-refractivity contribution in [2.75, 3.05) is 24.9 Å². The molecule has 0 atom stereocenters. The summed E-state index contributed by atoms with van der Waals surface area (Å²) in [7, 11) is 0.988. The Kier molecular flexibility index (Phi) is 6.02. The Morgan fingerprint density at radius 2 is 1.75 bits per heavy atom. The summed E-state index contributed by atoms with van der Waals surface area (Å²) in [5.74, 6) is 0.880. The minimum atomic E-state index is 0.476. The Labute approximate surface area is 144 Å². The number of nitrogens with one attached hydrogen (secondary N) is 1. The second kappa shape index (κ2) is 8.64. The van der Waals surface area contributed by atoms with Crippen molar-refractivity contribution in [3.8, 4) is 5.75 Å². The number of anilines is 1. The first-order valence-corrected chi connectivity index (χ1v) is 8.53. The summed E-state index contributed by atoms with van der Waals surface area (Å²) < 4.78 is 16.4. The quantitative estimate of drug-likeness (QED) is 0.795. The summed E-state index contributed by atoms with van der Waals surface area (Å²) >= 11 is 0. The fraction of sp³-hybridized carbons (Fsp3) is 0.368. The molecular formula is C19H23BN2O2. The Balaban J connectivity index is 1.45. The van der Waals surface area contributed by atoms with E-state index in [9.17, 15) is 4.70 Å².